The van der Waals surface area contributed by atoms with E-state index in [-0.39, 0.29) is 5.82 Å². The molecule has 0 radical (unpaired) electrons. The molecule has 6 heteroatoms. The lowest BCUT2D eigenvalue weighted by molar-refractivity contribution is 0.381. The summed E-state index contributed by atoms with van der Waals surface area (Å²) in [6.45, 7) is 4.05. The molecule has 1 saturated heterocycles. The molecule has 0 saturated carbocycles. The van der Waals surface area contributed by atoms with Gasteiger partial charge in [-0.2, -0.15) is 0 Å². The second kappa shape index (κ2) is 8.54. The van der Waals surface area contributed by atoms with E-state index in [2.05, 4.69) is 20.7 Å². The molecular weight excluding hydrogens is 299 g/mol. The number of halogens is 1. The van der Waals surface area contributed by atoms with Gasteiger partial charge in [-0.15, -0.1) is 18.2 Å². The van der Waals surface area contributed by atoms with Crippen LogP contribution in [0.15, 0.2) is 29.3 Å². The summed E-state index contributed by atoms with van der Waals surface area (Å²) in [4.78, 5) is 8.71. The molecule has 1 aliphatic heterocycles. The number of anilines is 1. The van der Waals surface area contributed by atoms with Crippen LogP contribution in [-0.4, -0.2) is 55.1 Å². The Hall–Kier alpha value is -1.87. The van der Waals surface area contributed by atoms with Crippen LogP contribution < -0.4 is 10.6 Å². The van der Waals surface area contributed by atoms with Crippen LogP contribution in [0.4, 0.5) is 10.1 Å². The maximum Gasteiger partial charge on any atom is 0.191 e. The quantitative estimate of drug-likeness (QED) is 0.388. The first-order valence-electron chi connectivity index (χ1n) is 7.27. The van der Waals surface area contributed by atoms with Gasteiger partial charge in [0.25, 0.3) is 0 Å². The molecule has 0 unspecified atom stereocenters. The van der Waals surface area contributed by atoms with Gasteiger partial charge in [0.15, 0.2) is 5.96 Å². The minimum absolute atomic E-state index is 0.207. The lowest BCUT2D eigenvalue weighted by Gasteiger charge is -2.36. The van der Waals surface area contributed by atoms with Crippen molar-refractivity contribution in [3.63, 3.8) is 0 Å². The smallest absolute Gasteiger partial charge is 0.191 e. The lowest BCUT2D eigenvalue weighted by atomic mass is 10.2. The Bertz CT molecular complexity index is 530. The molecule has 2 rings (SSSR count). The van der Waals surface area contributed by atoms with Gasteiger partial charge in [0.1, 0.15) is 5.82 Å². The van der Waals surface area contributed by atoms with Gasteiger partial charge in [0, 0.05) is 37.6 Å². The number of benzene rings is 1. The summed E-state index contributed by atoms with van der Waals surface area (Å²) in [5.74, 6) is 4.58. The number of nitrogens with zero attached hydrogens (tertiary/aromatic N) is 3. The van der Waals surface area contributed by atoms with Crippen molar-refractivity contribution >= 4 is 23.4 Å². The number of thioether (sulfide) groups is 1. The van der Waals surface area contributed by atoms with Crippen LogP contribution in [0.25, 0.3) is 0 Å². The Labute approximate surface area is 135 Å². The summed E-state index contributed by atoms with van der Waals surface area (Å²) in [6.07, 6.45) is 5.19. The molecule has 0 aliphatic carbocycles. The van der Waals surface area contributed by atoms with Gasteiger partial charge < -0.3 is 15.5 Å². The number of hydrogen-bond acceptors (Lipinski definition) is 3. The Morgan fingerprint density at radius 1 is 1.27 bits per heavy atom. The van der Waals surface area contributed by atoms with Crippen molar-refractivity contribution in [1.82, 2.24) is 4.90 Å². The molecule has 2 N–H and O–H groups in total. The Balaban J connectivity index is 1.77. The number of piperazine rings is 1. The summed E-state index contributed by atoms with van der Waals surface area (Å²) in [5, 5.41) is 0. The molecular formula is C16H21FN4S. The molecule has 0 atom stereocenters. The van der Waals surface area contributed by atoms with Gasteiger partial charge in [-0.3, -0.25) is 4.99 Å². The maximum atomic E-state index is 12.9. The minimum atomic E-state index is -0.207. The summed E-state index contributed by atoms with van der Waals surface area (Å²) in [6, 6.07) is 6.60. The fourth-order valence-corrected chi connectivity index (χ4v) is 2.78. The van der Waals surface area contributed by atoms with Crippen molar-refractivity contribution in [1.29, 1.82) is 0 Å². The third-order valence-electron chi connectivity index (χ3n) is 3.49. The van der Waals surface area contributed by atoms with E-state index in [1.165, 1.54) is 12.1 Å². The lowest BCUT2D eigenvalue weighted by Crippen LogP contribution is -2.51. The van der Waals surface area contributed by atoms with Crippen molar-refractivity contribution in [2.24, 2.45) is 10.7 Å². The molecule has 4 nitrogen and oxygen atoms in total. The van der Waals surface area contributed by atoms with Crippen LogP contribution in [0.5, 0.6) is 0 Å². The highest BCUT2D eigenvalue weighted by atomic mass is 32.2. The highest BCUT2D eigenvalue weighted by Gasteiger charge is 2.18. The fraction of sp³-hybridized carbons (Fsp3) is 0.438. The summed E-state index contributed by atoms with van der Waals surface area (Å²) < 4.78 is 12.9. The third-order valence-corrected chi connectivity index (χ3v) is 4.33. The molecule has 22 heavy (non-hydrogen) atoms. The minimum Gasteiger partial charge on any atom is -0.370 e. The second-order valence-electron chi connectivity index (χ2n) is 4.95. The van der Waals surface area contributed by atoms with E-state index in [4.69, 9.17) is 12.2 Å². The first kappa shape index (κ1) is 16.5. The highest BCUT2D eigenvalue weighted by Crippen LogP contribution is 2.16. The van der Waals surface area contributed by atoms with Crippen LogP contribution >= 0.6 is 11.8 Å². The van der Waals surface area contributed by atoms with Crippen molar-refractivity contribution < 1.29 is 4.39 Å². The van der Waals surface area contributed by atoms with E-state index in [0.29, 0.717) is 18.3 Å². The van der Waals surface area contributed by atoms with Crippen LogP contribution in [0, 0.1) is 18.2 Å². The number of hydrogen-bond donors (Lipinski definition) is 1. The maximum absolute atomic E-state index is 12.9. The van der Waals surface area contributed by atoms with E-state index in [9.17, 15) is 4.39 Å². The number of rotatable bonds is 5. The molecule has 0 bridgehead atoms. The van der Waals surface area contributed by atoms with Crippen molar-refractivity contribution in [2.45, 2.75) is 0 Å². The number of nitrogens with two attached hydrogens (primary N) is 1. The molecule has 118 valence electrons. The molecule has 0 aromatic heterocycles. The summed E-state index contributed by atoms with van der Waals surface area (Å²) in [7, 11) is 0. The van der Waals surface area contributed by atoms with Crippen molar-refractivity contribution in [3.8, 4) is 12.3 Å². The SMILES string of the molecule is C#CCSCCN=C(N)N1CCN(c2ccc(F)cc2)CC1. The third kappa shape index (κ3) is 4.85. The van der Waals surface area contributed by atoms with Crippen LogP contribution in [0.3, 0.4) is 0 Å². The largest absolute Gasteiger partial charge is 0.370 e. The van der Waals surface area contributed by atoms with Gasteiger partial charge in [0.2, 0.25) is 0 Å². The molecule has 1 heterocycles. The van der Waals surface area contributed by atoms with Crippen LogP contribution in [-0.2, 0) is 0 Å². The zero-order chi connectivity index (χ0) is 15.8. The average molecular weight is 320 g/mol. The fourth-order valence-electron chi connectivity index (χ4n) is 2.30. The molecule has 1 fully saturated rings. The summed E-state index contributed by atoms with van der Waals surface area (Å²) >= 11 is 1.68. The molecule has 1 aromatic carbocycles. The zero-order valence-corrected chi connectivity index (χ0v) is 13.4. The standard InChI is InChI=1S/C16H21FN4S/c1-2-12-22-13-7-19-16(18)21-10-8-20(9-11-21)15-5-3-14(17)4-6-15/h1,3-6H,7-13H2,(H2,18,19). The van der Waals surface area contributed by atoms with Crippen molar-refractivity contribution in [2.75, 3.05) is 49.1 Å². The molecule has 1 aliphatic rings. The predicted molar refractivity (Wildman–Crippen MR) is 92.8 cm³/mol. The van der Waals surface area contributed by atoms with Gasteiger partial charge in [-0.25, -0.2) is 4.39 Å². The highest BCUT2D eigenvalue weighted by molar-refractivity contribution is 7.99. The van der Waals surface area contributed by atoms with Gasteiger partial charge in [0.05, 0.1) is 12.3 Å². The second-order valence-corrected chi connectivity index (χ2v) is 6.05. The number of terminal acetylenes is 1. The van der Waals surface area contributed by atoms with E-state index < -0.39 is 0 Å². The molecule has 0 amide bonds. The topological polar surface area (TPSA) is 44.9 Å². The summed E-state index contributed by atoms with van der Waals surface area (Å²) in [5.41, 5.74) is 7.07. The van der Waals surface area contributed by atoms with E-state index in [1.54, 1.807) is 11.8 Å². The van der Waals surface area contributed by atoms with E-state index in [0.717, 1.165) is 37.6 Å². The Morgan fingerprint density at radius 3 is 2.59 bits per heavy atom. The van der Waals surface area contributed by atoms with Crippen LogP contribution in [0.2, 0.25) is 0 Å². The first-order chi connectivity index (χ1) is 10.7. The number of guanidine groups is 1. The average Bonchev–Trinajstić information content (AvgIpc) is 2.55. The number of aliphatic imine (C=N–C) groups is 1. The van der Waals surface area contributed by atoms with E-state index in [1.807, 2.05) is 12.1 Å². The normalized spacial score (nSPS) is 15.7. The zero-order valence-electron chi connectivity index (χ0n) is 12.5. The molecule has 0 spiro atoms. The van der Waals surface area contributed by atoms with Crippen LogP contribution in [0.1, 0.15) is 0 Å². The van der Waals surface area contributed by atoms with Crippen molar-refractivity contribution in [3.05, 3.63) is 30.1 Å². The first-order valence-corrected chi connectivity index (χ1v) is 8.43. The van der Waals surface area contributed by atoms with Gasteiger partial charge >= 0.3 is 0 Å². The Morgan fingerprint density at radius 2 is 1.95 bits per heavy atom. The predicted octanol–water partition coefficient (Wildman–Crippen LogP) is 1.63. The molecule has 1 aromatic rings. The van der Waals surface area contributed by atoms with E-state index >= 15 is 0 Å². The van der Waals surface area contributed by atoms with Gasteiger partial charge in [-0.1, -0.05) is 5.92 Å². The van der Waals surface area contributed by atoms with Gasteiger partial charge in [-0.05, 0) is 24.3 Å². The monoisotopic (exact) mass is 320 g/mol. The Kier molecular flexibility index (Phi) is 6.41.